The molecule has 2 heterocycles. The Kier molecular flexibility index (Phi) is 5.97. The van der Waals surface area contributed by atoms with E-state index in [1.165, 1.54) is 6.39 Å². The molecule has 1 N–H and O–H groups in total. The molecule has 1 aromatic heterocycles. The summed E-state index contributed by atoms with van der Waals surface area (Å²) >= 11 is 0. The van der Waals surface area contributed by atoms with Crippen molar-refractivity contribution >= 4 is 11.8 Å². The molecule has 1 aromatic carbocycles. The van der Waals surface area contributed by atoms with E-state index in [2.05, 4.69) is 10.3 Å². The maximum Gasteiger partial charge on any atom is 0.276 e. The standard InChI is InChI=1S/C23H29N3O3/c1-16-8-6-9-17(14-16)21-20(25-15-29-21)23(28)26-13-5-3-2-4-12-24-22(27)18-10-7-11-19(18)26/h6,8-9,14-15,18-19H,2-5,7,10-13H2,1H3,(H,24,27). The van der Waals surface area contributed by atoms with Crippen LogP contribution in [0.2, 0.25) is 0 Å². The quantitative estimate of drug-likeness (QED) is 0.835. The largest absolute Gasteiger partial charge is 0.443 e. The summed E-state index contributed by atoms with van der Waals surface area (Å²) in [5.74, 6) is 0.337. The van der Waals surface area contributed by atoms with Crippen LogP contribution in [0.3, 0.4) is 0 Å². The minimum atomic E-state index is -0.133. The van der Waals surface area contributed by atoms with Gasteiger partial charge in [0.15, 0.2) is 17.8 Å². The molecular weight excluding hydrogens is 366 g/mol. The van der Waals surface area contributed by atoms with Crippen molar-refractivity contribution in [1.82, 2.24) is 15.2 Å². The van der Waals surface area contributed by atoms with Crippen molar-refractivity contribution in [3.8, 4) is 11.3 Å². The Hall–Kier alpha value is -2.63. The van der Waals surface area contributed by atoms with Gasteiger partial charge in [0.2, 0.25) is 5.91 Å². The van der Waals surface area contributed by atoms with E-state index >= 15 is 0 Å². The predicted molar refractivity (Wildman–Crippen MR) is 110 cm³/mol. The van der Waals surface area contributed by atoms with Crippen LogP contribution in [-0.4, -0.2) is 40.8 Å². The summed E-state index contributed by atoms with van der Waals surface area (Å²) in [5.41, 5.74) is 2.29. The Balaban J connectivity index is 1.65. The van der Waals surface area contributed by atoms with Gasteiger partial charge in [-0.25, -0.2) is 4.98 Å². The molecule has 1 aliphatic heterocycles. The Morgan fingerprint density at radius 3 is 2.90 bits per heavy atom. The number of oxazole rings is 1. The first-order chi connectivity index (χ1) is 14.1. The van der Waals surface area contributed by atoms with Crippen LogP contribution in [0.25, 0.3) is 11.3 Å². The maximum atomic E-state index is 13.6. The highest BCUT2D eigenvalue weighted by Gasteiger charge is 2.40. The molecule has 154 valence electrons. The number of rotatable bonds is 2. The lowest BCUT2D eigenvalue weighted by atomic mass is 9.99. The van der Waals surface area contributed by atoms with Crippen LogP contribution in [0.15, 0.2) is 35.1 Å². The number of amides is 2. The van der Waals surface area contributed by atoms with Gasteiger partial charge in [-0.05, 0) is 38.7 Å². The van der Waals surface area contributed by atoms with E-state index in [9.17, 15) is 9.59 Å². The van der Waals surface area contributed by atoms with E-state index in [4.69, 9.17) is 4.42 Å². The summed E-state index contributed by atoms with van der Waals surface area (Å²) in [6.45, 7) is 3.40. The fourth-order valence-corrected chi connectivity index (χ4v) is 4.67. The third kappa shape index (κ3) is 4.21. The molecule has 2 fully saturated rings. The van der Waals surface area contributed by atoms with Gasteiger partial charge in [0, 0.05) is 24.7 Å². The number of fused-ring (bicyclic) bond motifs is 1. The molecule has 0 spiro atoms. The molecule has 2 unspecified atom stereocenters. The minimum Gasteiger partial charge on any atom is -0.443 e. The summed E-state index contributed by atoms with van der Waals surface area (Å²) in [5, 5.41) is 3.08. The number of aryl methyl sites for hydroxylation is 1. The molecule has 4 rings (SSSR count). The fraction of sp³-hybridized carbons (Fsp3) is 0.522. The van der Waals surface area contributed by atoms with Crippen molar-refractivity contribution < 1.29 is 14.0 Å². The van der Waals surface area contributed by atoms with Crippen LogP contribution in [0, 0.1) is 12.8 Å². The second-order valence-electron chi connectivity index (χ2n) is 8.21. The number of hydrogen-bond donors (Lipinski definition) is 1. The molecule has 6 heteroatoms. The highest BCUT2D eigenvalue weighted by molar-refractivity contribution is 5.98. The van der Waals surface area contributed by atoms with Gasteiger partial charge < -0.3 is 14.6 Å². The van der Waals surface area contributed by atoms with Crippen molar-refractivity contribution in [2.75, 3.05) is 13.1 Å². The molecule has 2 atom stereocenters. The zero-order valence-corrected chi connectivity index (χ0v) is 17.0. The van der Waals surface area contributed by atoms with Crippen LogP contribution >= 0.6 is 0 Å². The second kappa shape index (κ2) is 8.80. The van der Waals surface area contributed by atoms with Gasteiger partial charge >= 0.3 is 0 Å². The Morgan fingerprint density at radius 2 is 2.03 bits per heavy atom. The molecule has 1 saturated carbocycles. The lowest BCUT2D eigenvalue weighted by Crippen LogP contribution is -2.47. The van der Waals surface area contributed by atoms with Gasteiger partial charge in [-0.2, -0.15) is 0 Å². The lowest BCUT2D eigenvalue weighted by Gasteiger charge is -2.32. The molecule has 1 saturated heterocycles. The second-order valence-corrected chi connectivity index (χ2v) is 8.21. The summed E-state index contributed by atoms with van der Waals surface area (Å²) < 4.78 is 5.63. The first-order valence-corrected chi connectivity index (χ1v) is 10.7. The number of carbonyl (C=O) groups is 2. The van der Waals surface area contributed by atoms with Crippen molar-refractivity contribution in [3.05, 3.63) is 41.9 Å². The van der Waals surface area contributed by atoms with Crippen LogP contribution in [-0.2, 0) is 4.79 Å². The highest BCUT2D eigenvalue weighted by atomic mass is 16.3. The van der Waals surface area contributed by atoms with Gasteiger partial charge in [-0.3, -0.25) is 9.59 Å². The number of benzene rings is 1. The molecular formula is C23H29N3O3. The van der Waals surface area contributed by atoms with Gasteiger partial charge in [0.05, 0.1) is 5.92 Å². The van der Waals surface area contributed by atoms with Gasteiger partial charge in [-0.15, -0.1) is 0 Å². The topological polar surface area (TPSA) is 75.4 Å². The third-order valence-electron chi connectivity index (χ3n) is 6.15. The monoisotopic (exact) mass is 395 g/mol. The minimum absolute atomic E-state index is 0.0670. The summed E-state index contributed by atoms with van der Waals surface area (Å²) in [6, 6.07) is 7.82. The maximum absolute atomic E-state index is 13.6. The van der Waals surface area contributed by atoms with E-state index in [0.29, 0.717) is 18.0 Å². The van der Waals surface area contributed by atoms with Crippen LogP contribution in [0.5, 0.6) is 0 Å². The SMILES string of the molecule is Cc1cccc(-c2ocnc2C(=O)N2CCCCCCNC(=O)C3CCCC32)c1. The third-order valence-corrected chi connectivity index (χ3v) is 6.15. The Bertz CT molecular complexity index is 876. The average Bonchev–Trinajstić information content (AvgIpc) is 3.38. The van der Waals surface area contributed by atoms with Crippen molar-refractivity contribution in [3.63, 3.8) is 0 Å². The lowest BCUT2D eigenvalue weighted by molar-refractivity contribution is -0.126. The summed E-state index contributed by atoms with van der Waals surface area (Å²) in [7, 11) is 0. The summed E-state index contributed by atoms with van der Waals surface area (Å²) in [4.78, 5) is 32.5. The molecule has 2 aromatic rings. The molecule has 29 heavy (non-hydrogen) atoms. The Labute approximate surface area is 171 Å². The van der Waals surface area contributed by atoms with E-state index < -0.39 is 0 Å². The van der Waals surface area contributed by atoms with Crippen molar-refractivity contribution in [1.29, 1.82) is 0 Å². The van der Waals surface area contributed by atoms with Crippen LogP contribution in [0.1, 0.15) is 61.0 Å². The molecule has 6 nitrogen and oxygen atoms in total. The van der Waals surface area contributed by atoms with Crippen molar-refractivity contribution in [2.45, 2.75) is 57.9 Å². The molecule has 0 radical (unpaired) electrons. The number of hydrogen-bond acceptors (Lipinski definition) is 4. The summed E-state index contributed by atoms with van der Waals surface area (Å²) in [6.07, 6.45) is 8.08. The number of aromatic nitrogens is 1. The highest BCUT2D eigenvalue weighted by Crippen LogP contribution is 2.33. The number of carbonyl (C=O) groups excluding carboxylic acids is 2. The number of nitrogens with one attached hydrogen (secondary N) is 1. The zero-order valence-electron chi connectivity index (χ0n) is 17.0. The first kappa shape index (κ1) is 19.7. The fourth-order valence-electron chi connectivity index (χ4n) is 4.67. The van der Waals surface area contributed by atoms with Crippen molar-refractivity contribution in [2.24, 2.45) is 5.92 Å². The Morgan fingerprint density at radius 1 is 1.17 bits per heavy atom. The number of nitrogens with zero attached hydrogens (tertiary/aromatic N) is 2. The van der Waals surface area contributed by atoms with Gasteiger partial charge in [0.25, 0.3) is 5.91 Å². The van der Waals surface area contributed by atoms with Gasteiger partial charge in [0.1, 0.15) is 0 Å². The zero-order chi connectivity index (χ0) is 20.2. The van der Waals surface area contributed by atoms with Gasteiger partial charge in [-0.1, -0.05) is 43.0 Å². The molecule has 0 bridgehead atoms. The average molecular weight is 396 g/mol. The van der Waals surface area contributed by atoms with E-state index in [-0.39, 0.29) is 23.8 Å². The van der Waals surface area contributed by atoms with E-state index in [0.717, 1.165) is 62.6 Å². The first-order valence-electron chi connectivity index (χ1n) is 10.7. The van der Waals surface area contributed by atoms with E-state index in [1.807, 2.05) is 36.1 Å². The predicted octanol–water partition coefficient (Wildman–Crippen LogP) is 3.95. The van der Waals surface area contributed by atoms with Crippen LogP contribution in [0.4, 0.5) is 0 Å². The molecule has 2 aliphatic rings. The van der Waals surface area contributed by atoms with E-state index in [1.54, 1.807) is 0 Å². The smallest absolute Gasteiger partial charge is 0.276 e. The normalized spacial score (nSPS) is 23.2. The molecule has 2 amide bonds. The molecule has 1 aliphatic carbocycles. The van der Waals surface area contributed by atoms with Crippen LogP contribution < -0.4 is 5.32 Å².